The number of benzene rings is 1. The lowest BCUT2D eigenvalue weighted by atomic mass is 10.2. The van der Waals surface area contributed by atoms with Gasteiger partial charge in [0.05, 0.1) is 12.5 Å². The number of rotatable bonds is 3. The van der Waals surface area contributed by atoms with Gasteiger partial charge in [-0.3, -0.25) is 4.79 Å². The van der Waals surface area contributed by atoms with Crippen molar-refractivity contribution in [1.82, 2.24) is 14.9 Å². The topological polar surface area (TPSA) is 90.6 Å². The summed E-state index contributed by atoms with van der Waals surface area (Å²) in [5, 5.41) is 3.20. The number of amides is 2. The van der Waals surface area contributed by atoms with Crippen LogP contribution in [0.25, 0.3) is 10.9 Å². The molecule has 8 heteroatoms. The van der Waals surface area contributed by atoms with Crippen LogP contribution < -0.4 is 20.4 Å². The number of carbonyl (C=O) groups excluding carboxylic acids is 1. The molecule has 0 bridgehead atoms. The first-order valence-corrected chi connectivity index (χ1v) is 9.07. The maximum absolute atomic E-state index is 12.7. The van der Waals surface area contributed by atoms with Crippen LogP contribution in [0.2, 0.25) is 0 Å². The molecule has 1 fully saturated rings. The Kier molecular flexibility index (Phi) is 4.84. The van der Waals surface area contributed by atoms with E-state index in [0.717, 1.165) is 5.82 Å². The molecule has 1 saturated heterocycles. The summed E-state index contributed by atoms with van der Waals surface area (Å²) in [5.74, 6) is 1.49. The molecule has 0 spiro atoms. The molecular formula is C20H21N5O3. The van der Waals surface area contributed by atoms with E-state index in [1.54, 1.807) is 36.4 Å². The van der Waals surface area contributed by atoms with Crippen LogP contribution in [0.3, 0.4) is 0 Å². The molecule has 0 saturated carbocycles. The van der Waals surface area contributed by atoms with Crippen LogP contribution in [0.4, 0.5) is 16.3 Å². The average Bonchev–Trinajstić information content (AvgIpc) is 2.76. The quantitative estimate of drug-likeness (QED) is 0.729. The largest absolute Gasteiger partial charge is 0.497 e. The first kappa shape index (κ1) is 17.8. The minimum Gasteiger partial charge on any atom is -0.497 e. The van der Waals surface area contributed by atoms with Crippen molar-refractivity contribution in [1.29, 1.82) is 0 Å². The van der Waals surface area contributed by atoms with Crippen LogP contribution in [0, 0.1) is 0 Å². The van der Waals surface area contributed by atoms with Gasteiger partial charge >= 0.3 is 6.03 Å². The molecule has 2 aromatic heterocycles. The van der Waals surface area contributed by atoms with Gasteiger partial charge in [0.1, 0.15) is 17.3 Å². The number of pyridine rings is 2. The highest BCUT2D eigenvalue weighted by molar-refractivity contribution is 5.92. The van der Waals surface area contributed by atoms with Crippen molar-refractivity contribution in [3.63, 3.8) is 0 Å². The lowest BCUT2D eigenvalue weighted by Crippen LogP contribution is -2.50. The zero-order valence-corrected chi connectivity index (χ0v) is 15.5. The van der Waals surface area contributed by atoms with Gasteiger partial charge in [0.15, 0.2) is 0 Å². The number of ether oxygens (including phenoxy) is 1. The maximum atomic E-state index is 12.7. The number of nitrogens with one attached hydrogen (secondary N) is 2. The smallest absolute Gasteiger partial charge is 0.322 e. The van der Waals surface area contributed by atoms with E-state index in [1.165, 1.54) is 6.20 Å². The number of hydrogen-bond acceptors (Lipinski definition) is 5. The van der Waals surface area contributed by atoms with E-state index in [-0.39, 0.29) is 17.1 Å². The van der Waals surface area contributed by atoms with E-state index < -0.39 is 0 Å². The monoisotopic (exact) mass is 379 g/mol. The van der Waals surface area contributed by atoms with Gasteiger partial charge in [0, 0.05) is 44.1 Å². The average molecular weight is 379 g/mol. The fourth-order valence-corrected chi connectivity index (χ4v) is 3.29. The number of H-pyrrole nitrogens is 1. The predicted molar refractivity (Wildman–Crippen MR) is 108 cm³/mol. The molecule has 8 nitrogen and oxygen atoms in total. The second-order valence-corrected chi connectivity index (χ2v) is 6.54. The molecule has 2 N–H and O–H groups in total. The van der Waals surface area contributed by atoms with E-state index in [9.17, 15) is 9.59 Å². The standard InChI is InChI=1S/C20H21N5O3/c1-28-14-5-6-16-15(12-14)19(26)17(13-22-16)23-20(27)25-10-8-24(9-11-25)18-4-2-3-7-21-18/h2-7,12-13H,8-11H2,1H3,(H,22,26)(H,23,27). The van der Waals surface area contributed by atoms with Crippen LogP contribution in [0.1, 0.15) is 0 Å². The van der Waals surface area contributed by atoms with Gasteiger partial charge in [0.2, 0.25) is 5.43 Å². The summed E-state index contributed by atoms with van der Waals surface area (Å²) in [6, 6.07) is 10.7. The third-order valence-corrected chi connectivity index (χ3v) is 4.87. The summed E-state index contributed by atoms with van der Waals surface area (Å²) in [6.45, 7) is 2.49. The van der Waals surface area contributed by atoms with Gasteiger partial charge in [-0.05, 0) is 30.3 Å². The Morgan fingerprint density at radius 1 is 1.18 bits per heavy atom. The Morgan fingerprint density at radius 3 is 2.71 bits per heavy atom. The number of fused-ring (bicyclic) bond motifs is 1. The first-order chi connectivity index (χ1) is 13.7. The molecule has 0 radical (unpaired) electrons. The Labute approximate surface area is 161 Å². The lowest BCUT2D eigenvalue weighted by molar-refractivity contribution is 0.208. The van der Waals surface area contributed by atoms with Crippen molar-refractivity contribution in [2.24, 2.45) is 0 Å². The lowest BCUT2D eigenvalue weighted by Gasteiger charge is -2.35. The maximum Gasteiger partial charge on any atom is 0.322 e. The molecule has 3 aromatic rings. The molecule has 1 aliphatic rings. The summed E-state index contributed by atoms with van der Waals surface area (Å²) < 4.78 is 5.18. The van der Waals surface area contributed by atoms with Crippen LogP contribution in [0.15, 0.2) is 53.6 Å². The third kappa shape index (κ3) is 3.48. The number of aromatic amines is 1. The van der Waals surface area contributed by atoms with Crippen molar-refractivity contribution in [2.45, 2.75) is 0 Å². The minimum absolute atomic E-state index is 0.220. The van der Waals surface area contributed by atoms with E-state index in [4.69, 9.17) is 4.74 Å². The predicted octanol–water partition coefficient (Wildman–Crippen LogP) is 2.29. The number of methoxy groups -OCH3 is 1. The van der Waals surface area contributed by atoms with Crippen molar-refractivity contribution >= 4 is 28.4 Å². The molecular weight excluding hydrogens is 358 g/mol. The number of hydrogen-bond donors (Lipinski definition) is 2. The van der Waals surface area contributed by atoms with E-state index in [2.05, 4.69) is 20.2 Å². The number of urea groups is 1. The zero-order valence-electron chi connectivity index (χ0n) is 15.5. The summed E-state index contributed by atoms with van der Waals surface area (Å²) in [6.07, 6.45) is 3.29. The fraction of sp³-hybridized carbons (Fsp3) is 0.250. The summed E-state index contributed by atoms with van der Waals surface area (Å²) in [4.78, 5) is 36.6. The molecule has 1 aromatic carbocycles. The Bertz CT molecular complexity index is 1040. The highest BCUT2D eigenvalue weighted by Crippen LogP contribution is 2.18. The van der Waals surface area contributed by atoms with Crippen LogP contribution in [-0.2, 0) is 0 Å². The van der Waals surface area contributed by atoms with Crippen LogP contribution >= 0.6 is 0 Å². The molecule has 0 unspecified atom stereocenters. The van der Waals surface area contributed by atoms with Crippen molar-refractivity contribution in [3.05, 3.63) is 59.0 Å². The zero-order chi connectivity index (χ0) is 19.5. The SMILES string of the molecule is COc1ccc2[nH]cc(NC(=O)N3CCN(c4ccccn4)CC3)c(=O)c2c1. The Hall–Kier alpha value is -3.55. The van der Waals surface area contributed by atoms with Gasteiger partial charge in [-0.1, -0.05) is 6.07 Å². The van der Waals surface area contributed by atoms with Crippen molar-refractivity contribution in [2.75, 3.05) is 43.5 Å². The summed E-state index contributed by atoms with van der Waals surface area (Å²) >= 11 is 0. The van der Waals surface area contributed by atoms with Crippen molar-refractivity contribution in [3.8, 4) is 5.75 Å². The van der Waals surface area contributed by atoms with Crippen LogP contribution in [0.5, 0.6) is 5.75 Å². The van der Waals surface area contributed by atoms with Gasteiger partial charge < -0.3 is 24.8 Å². The second kappa shape index (κ2) is 7.59. The van der Waals surface area contributed by atoms with E-state index >= 15 is 0 Å². The molecule has 28 heavy (non-hydrogen) atoms. The molecule has 1 aliphatic heterocycles. The molecule has 3 heterocycles. The fourth-order valence-electron chi connectivity index (χ4n) is 3.29. The number of nitrogens with zero attached hydrogens (tertiary/aromatic N) is 3. The number of carbonyl (C=O) groups is 1. The molecule has 0 aliphatic carbocycles. The van der Waals surface area contributed by atoms with E-state index in [0.29, 0.717) is 42.8 Å². The molecule has 2 amide bonds. The van der Waals surface area contributed by atoms with Crippen LogP contribution in [-0.4, -0.2) is 54.2 Å². The molecule has 4 rings (SSSR count). The normalized spacial score (nSPS) is 14.2. The van der Waals surface area contributed by atoms with Crippen molar-refractivity contribution < 1.29 is 9.53 Å². The summed E-state index contributed by atoms with van der Waals surface area (Å²) in [7, 11) is 1.55. The minimum atomic E-state index is -0.284. The second-order valence-electron chi connectivity index (χ2n) is 6.54. The van der Waals surface area contributed by atoms with Gasteiger partial charge in [-0.2, -0.15) is 0 Å². The highest BCUT2D eigenvalue weighted by atomic mass is 16.5. The summed E-state index contributed by atoms with van der Waals surface area (Å²) in [5.41, 5.74) is 0.666. The third-order valence-electron chi connectivity index (χ3n) is 4.87. The van der Waals surface area contributed by atoms with Gasteiger partial charge in [0.25, 0.3) is 0 Å². The van der Waals surface area contributed by atoms with Gasteiger partial charge in [-0.25, -0.2) is 9.78 Å². The molecule has 144 valence electrons. The Morgan fingerprint density at radius 2 is 2.00 bits per heavy atom. The number of piperazine rings is 1. The van der Waals surface area contributed by atoms with E-state index in [1.807, 2.05) is 18.2 Å². The van der Waals surface area contributed by atoms with Gasteiger partial charge in [-0.15, -0.1) is 0 Å². The number of anilines is 2. The highest BCUT2D eigenvalue weighted by Gasteiger charge is 2.22. The number of aromatic nitrogens is 2. The Balaban J connectivity index is 1.45. The first-order valence-electron chi connectivity index (χ1n) is 9.07. The molecule has 0 atom stereocenters.